The monoisotopic (exact) mass is 335 g/mol. The summed E-state index contributed by atoms with van der Waals surface area (Å²) in [4.78, 5) is 0.162. The number of aromatic nitrogens is 3. The van der Waals surface area contributed by atoms with Gasteiger partial charge in [0.05, 0.1) is 0 Å². The summed E-state index contributed by atoms with van der Waals surface area (Å²) in [5, 5.41) is 17.3. The highest BCUT2D eigenvalue weighted by Gasteiger charge is 2.29. The maximum absolute atomic E-state index is 12.3. The predicted molar refractivity (Wildman–Crippen MR) is 74.8 cm³/mol. The summed E-state index contributed by atoms with van der Waals surface area (Å²) in [5.41, 5.74) is -3.52. The third-order valence-electron chi connectivity index (χ3n) is 2.57. The molecule has 0 aliphatic heterocycles. The van der Waals surface area contributed by atoms with Crippen LogP contribution in [0.5, 0.6) is 0 Å². The fourth-order valence-electron chi connectivity index (χ4n) is 1.59. The number of alkyl halides is 3. The van der Waals surface area contributed by atoms with Crippen LogP contribution in [0.2, 0.25) is 0 Å². The molecule has 0 saturated carbocycles. The van der Waals surface area contributed by atoms with Crippen LogP contribution in [0.4, 0.5) is 13.2 Å². The van der Waals surface area contributed by atoms with Gasteiger partial charge in [-0.15, -0.1) is 10.2 Å². The van der Waals surface area contributed by atoms with Gasteiger partial charge in [0.1, 0.15) is 6.61 Å². The molecule has 114 valence electrons. The van der Waals surface area contributed by atoms with E-state index in [1.807, 2.05) is 0 Å². The van der Waals surface area contributed by atoms with E-state index in [-0.39, 0.29) is 23.3 Å². The largest absolute Gasteiger partial charge is 0.446 e. The van der Waals surface area contributed by atoms with E-state index in [1.165, 1.54) is 23.9 Å². The van der Waals surface area contributed by atoms with E-state index in [4.69, 9.17) is 5.11 Å². The number of aliphatic hydroxyl groups is 1. The molecule has 21 heavy (non-hydrogen) atoms. The Labute approximate surface area is 127 Å². The molecular formula is C12H12F3N3OS2. The predicted octanol–water partition coefficient (Wildman–Crippen LogP) is 3.21. The van der Waals surface area contributed by atoms with Gasteiger partial charge in [-0.1, -0.05) is 23.9 Å². The molecule has 0 fully saturated rings. The van der Waals surface area contributed by atoms with E-state index in [0.29, 0.717) is 16.7 Å². The van der Waals surface area contributed by atoms with Gasteiger partial charge in [0.2, 0.25) is 0 Å². The summed E-state index contributed by atoms with van der Waals surface area (Å²) in [6.07, 6.45) is 0. The lowest BCUT2D eigenvalue weighted by Gasteiger charge is -2.07. The smallest absolute Gasteiger partial charge is 0.388 e. The van der Waals surface area contributed by atoms with Crippen LogP contribution in [0.3, 0.4) is 0 Å². The first-order valence-electron chi connectivity index (χ1n) is 5.85. The zero-order valence-corrected chi connectivity index (χ0v) is 12.6. The molecule has 0 radical (unpaired) electrons. The summed E-state index contributed by atoms with van der Waals surface area (Å²) in [6.45, 7) is -0.207. The van der Waals surface area contributed by atoms with E-state index < -0.39 is 5.51 Å². The van der Waals surface area contributed by atoms with Crippen molar-refractivity contribution >= 4 is 23.5 Å². The second-order valence-electron chi connectivity index (χ2n) is 4.10. The maximum atomic E-state index is 12.3. The molecule has 0 aliphatic carbocycles. The van der Waals surface area contributed by atoms with E-state index >= 15 is 0 Å². The molecule has 2 rings (SSSR count). The van der Waals surface area contributed by atoms with Gasteiger partial charge in [-0.25, -0.2) is 0 Å². The normalized spacial score (nSPS) is 11.9. The van der Waals surface area contributed by atoms with Crippen LogP contribution in [0.25, 0.3) is 0 Å². The molecule has 4 nitrogen and oxygen atoms in total. The first-order valence-corrected chi connectivity index (χ1v) is 7.66. The van der Waals surface area contributed by atoms with Crippen LogP contribution >= 0.6 is 23.5 Å². The van der Waals surface area contributed by atoms with Gasteiger partial charge in [-0.3, -0.25) is 0 Å². The van der Waals surface area contributed by atoms with Crippen LogP contribution in [-0.2, 0) is 19.4 Å². The van der Waals surface area contributed by atoms with Crippen molar-refractivity contribution in [3.63, 3.8) is 0 Å². The van der Waals surface area contributed by atoms with E-state index in [2.05, 4.69) is 10.2 Å². The molecule has 1 N–H and O–H groups in total. The van der Waals surface area contributed by atoms with Crippen LogP contribution < -0.4 is 0 Å². The van der Waals surface area contributed by atoms with Gasteiger partial charge < -0.3 is 9.67 Å². The molecular weight excluding hydrogens is 323 g/mol. The Hall–Kier alpha value is -1.19. The number of thioether (sulfide) groups is 2. The number of aliphatic hydroxyl groups excluding tert-OH is 1. The summed E-state index contributed by atoms with van der Waals surface area (Å²) >= 11 is 1.22. The Kier molecular flexibility index (Phi) is 5.17. The number of hydrogen-bond donors (Lipinski definition) is 1. The van der Waals surface area contributed by atoms with Crippen LogP contribution in [0.15, 0.2) is 34.3 Å². The lowest BCUT2D eigenvalue weighted by atomic mass is 10.2. The number of benzene rings is 1. The van der Waals surface area contributed by atoms with Crippen molar-refractivity contribution in [2.24, 2.45) is 7.05 Å². The Bertz CT molecular complexity index is 616. The molecule has 9 heteroatoms. The van der Waals surface area contributed by atoms with Crippen molar-refractivity contribution in [2.75, 3.05) is 0 Å². The highest BCUT2D eigenvalue weighted by molar-refractivity contribution is 8.00. The second kappa shape index (κ2) is 6.71. The standard InChI is InChI=1S/C12H12F3N3OS2/c1-18-10(6-19)16-17-11(18)20-7-8-3-2-4-9(5-8)21-12(13,14)15/h2-5,19H,6-7H2,1H3. The average Bonchev–Trinajstić information content (AvgIpc) is 2.75. The average molecular weight is 335 g/mol. The lowest BCUT2D eigenvalue weighted by Crippen LogP contribution is -1.99. The molecule has 0 amide bonds. The van der Waals surface area contributed by atoms with Crippen molar-refractivity contribution in [1.82, 2.24) is 14.8 Å². The third kappa shape index (κ3) is 4.65. The molecule has 0 unspecified atom stereocenters. The highest BCUT2D eigenvalue weighted by atomic mass is 32.2. The Morgan fingerprint density at radius 2 is 2.05 bits per heavy atom. The summed E-state index contributed by atoms with van der Waals surface area (Å²) in [6, 6.07) is 6.30. The zero-order valence-electron chi connectivity index (χ0n) is 11.0. The first kappa shape index (κ1) is 16.2. The number of nitrogens with zero attached hydrogens (tertiary/aromatic N) is 3. The molecule has 2 aromatic rings. The molecule has 0 spiro atoms. The molecule has 1 heterocycles. The maximum Gasteiger partial charge on any atom is 0.446 e. The van der Waals surface area contributed by atoms with Gasteiger partial charge >= 0.3 is 5.51 Å². The molecule has 1 aromatic carbocycles. The van der Waals surface area contributed by atoms with Gasteiger partial charge in [0.15, 0.2) is 11.0 Å². The van der Waals surface area contributed by atoms with Gasteiger partial charge in [-0.2, -0.15) is 13.2 Å². The molecule has 0 saturated heterocycles. The second-order valence-corrected chi connectivity index (χ2v) is 6.18. The Balaban J connectivity index is 2.03. The molecule has 0 bridgehead atoms. The van der Waals surface area contributed by atoms with Gasteiger partial charge in [-0.05, 0) is 29.5 Å². The van der Waals surface area contributed by atoms with E-state index in [1.54, 1.807) is 23.7 Å². The fraction of sp³-hybridized carbons (Fsp3) is 0.333. The molecule has 0 aliphatic rings. The Morgan fingerprint density at radius 3 is 2.67 bits per heavy atom. The minimum atomic E-state index is -4.29. The van der Waals surface area contributed by atoms with E-state index in [9.17, 15) is 13.2 Å². The zero-order chi connectivity index (χ0) is 15.5. The van der Waals surface area contributed by atoms with E-state index in [0.717, 1.165) is 5.56 Å². The van der Waals surface area contributed by atoms with Crippen molar-refractivity contribution in [1.29, 1.82) is 0 Å². The van der Waals surface area contributed by atoms with Gasteiger partial charge in [0, 0.05) is 17.7 Å². The first-order chi connectivity index (χ1) is 9.89. The topological polar surface area (TPSA) is 50.9 Å². The van der Waals surface area contributed by atoms with Crippen molar-refractivity contribution in [3.05, 3.63) is 35.7 Å². The van der Waals surface area contributed by atoms with Crippen molar-refractivity contribution in [3.8, 4) is 0 Å². The van der Waals surface area contributed by atoms with Crippen LogP contribution in [0, 0.1) is 0 Å². The minimum Gasteiger partial charge on any atom is -0.388 e. The fourth-order valence-corrected chi connectivity index (χ4v) is 3.09. The van der Waals surface area contributed by atoms with Crippen LogP contribution in [0.1, 0.15) is 11.4 Å². The quantitative estimate of drug-likeness (QED) is 0.851. The SMILES string of the molecule is Cn1c(CO)nnc1SCc1cccc(SC(F)(F)F)c1. The van der Waals surface area contributed by atoms with Crippen molar-refractivity contribution < 1.29 is 18.3 Å². The molecule has 0 atom stereocenters. The summed E-state index contributed by atoms with van der Waals surface area (Å²) < 4.78 is 38.6. The van der Waals surface area contributed by atoms with Crippen LogP contribution in [-0.4, -0.2) is 25.4 Å². The highest BCUT2D eigenvalue weighted by Crippen LogP contribution is 2.37. The number of rotatable bonds is 5. The molecule has 1 aromatic heterocycles. The Morgan fingerprint density at radius 1 is 1.29 bits per heavy atom. The lowest BCUT2D eigenvalue weighted by molar-refractivity contribution is -0.0328. The summed E-state index contributed by atoms with van der Waals surface area (Å²) in [7, 11) is 1.73. The van der Waals surface area contributed by atoms with Crippen molar-refractivity contribution in [2.45, 2.75) is 27.9 Å². The summed E-state index contributed by atoms with van der Waals surface area (Å²) in [5.74, 6) is 0.919. The van der Waals surface area contributed by atoms with Gasteiger partial charge in [0.25, 0.3) is 0 Å². The third-order valence-corrected chi connectivity index (χ3v) is 4.38. The number of halogens is 3. The minimum absolute atomic E-state index is 0.128. The number of hydrogen-bond acceptors (Lipinski definition) is 5.